The van der Waals surface area contributed by atoms with E-state index in [1.54, 1.807) is 6.92 Å². The molecule has 1 aliphatic carbocycles. The van der Waals surface area contributed by atoms with Crippen molar-refractivity contribution in [1.82, 2.24) is 15.3 Å². The van der Waals surface area contributed by atoms with E-state index in [0.717, 1.165) is 11.3 Å². The van der Waals surface area contributed by atoms with E-state index in [1.165, 1.54) is 0 Å². The number of hydrogen-bond donors (Lipinski definition) is 2. The van der Waals surface area contributed by atoms with E-state index in [-0.39, 0.29) is 74.5 Å². The number of carboxylic acids is 1. The van der Waals surface area contributed by atoms with Gasteiger partial charge in [0.15, 0.2) is 5.13 Å². The predicted octanol–water partition coefficient (Wildman–Crippen LogP) is 1.07. The SMILES string of the molecule is Cc1[nH]c(C(=O)N[C@@H]2[C@@H]3CN(c4nc(Cc5cc(C(F)(F)F)ccc5F)c(C(=O)[O-])s4)C[C@@H]32)c(Cl)c1Cl.[Li+]. The number of hydrogen-bond acceptors (Lipinski definition) is 6. The first kappa shape index (κ1) is 28.8. The number of carboxylic acid groups (broad SMARTS) is 1. The molecule has 2 N–H and O–H groups in total. The Bertz CT molecular complexity index is 1420. The summed E-state index contributed by atoms with van der Waals surface area (Å²) in [6.45, 7) is 2.65. The number of fused-ring (bicyclic) bond motifs is 1. The van der Waals surface area contributed by atoms with Crippen molar-refractivity contribution in [1.29, 1.82) is 0 Å². The smallest absolute Gasteiger partial charge is 0.544 e. The molecule has 3 heterocycles. The van der Waals surface area contributed by atoms with E-state index in [0.29, 0.717) is 42.1 Å². The Hall–Kier alpha value is -2.23. The molecular formula is C23H17Cl2F4LiN4O3S. The van der Waals surface area contributed by atoms with Gasteiger partial charge in [-0.2, -0.15) is 13.2 Å². The first-order valence-electron chi connectivity index (χ1n) is 11.0. The molecule has 196 valence electrons. The summed E-state index contributed by atoms with van der Waals surface area (Å²) in [5, 5.41) is 15.4. The van der Waals surface area contributed by atoms with Gasteiger partial charge in [0.1, 0.15) is 11.5 Å². The van der Waals surface area contributed by atoms with E-state index in [9.17, 15) is 32.3 Å². The Labute approximate surface area is 239 Å². The number of aryl methyl sites for hydroxylation is 1. The maximum atomic E-state index is 14.2. The van der Waals surface area contributed by atoms with Gasteiger partial charge in [-0.3, -0.25) is 4.79 Å². The molecule has 2 fully saturated rings. The molecule has 1 aliphatic heterocycles. The first-order valence-corrected chi connectivity index (χ1v) is 12.6. The van der Waals surface area contributed by atoms with Gasteiger partial charge in [0.05, 0.1) is 32.1 Å². The normalized spacial score (nSPS) is 20.2. The minimum atomic E-state index is -4.67. The van der Waals surface area contributed by atoms with Crippen LogP contribution in [0.15, 0.2) is 18.2 Å². The molecule has 3 aromatic rings. The van der Waals surface area contributed by atoms with Gasteiger partial charge in [0, 0.05) is 43.1 Å². The number of aromatic carboxylic acids is 1. The first-order chi connectivity index (χ1) is 17.3. The fourth-order valence-electron chi connectivity index (χ4n) is 4.67. The summed E-state index contributed by atoms with van der Waals surface area (Å²) in [4.78, 5) is 33.0. The van der Waals surface area contributed by atoms with Crippen LogP contribution in [0.25, 0.3) is 0 Å². The zero-order chi connectivity index (χ0) is 26.8. The van der Waals surface area contributed by atoms with Crippen LogP contribution in [0.5, 0.6) is 0 Å². The largest absolute Gasteiger partial charge is 1.00 e. The van der Waals surface area contributed by atoms with Crippen LogP contribution in [0.4, 0.5) is 22.7 Å². The van der Waals surface area contributed by atoms with Crippen LogP contribution in [0.1, 0.15) is 42.7 Å². The molecule has 7 nitrogen and oxygen atoms in total. The monoisotopic (exact) mass is 582 g/mol. The number of alkyl halides is 3. The summed E-state index contributed by atoms with van der Waals surface area (Å²) in [7, 11) is 0. The molecule has 1 saturated carbocycles. The third kappa shape index (κ3) is 5.29. The van der Waals surface area contributed by atoms with Crippen molar-refractivity contribution in [3.63, 3.8) is 0 Å². The third-order valence-corrected chi connectivity index (χ3v) is 8.73. The number of benzene rings is 1. The molecule has 1 saturated heterocycles. The van der Waals surface area contributed by atoms with E-state index >= 15 is 0 Å². The minimum Gasteiger partial charge on any atom is -0.544 e. The number of nitrogens with zero attached hydrogens (tertiary/aromatic N) is 2. The Morgan fingerprint density at radius 2 is 1.89 bits per heavy atom. The van der Waals surface area contributed by atoms with E-state index in [2.05, 4.69) is 15.3 Å². The molecule has 0 radical (unpaired) electrons. The Kier molecular flexibility index (Phi) is 7.87. The van der Waals surface area contributed by atoms with Crippen LogP contribution in [-0.4, -0.2) is 41.0 Å². The van der Waals surface area contributed by atoms with E-state index in [4.69, 9.17) is 23.2 Å². The minimum absolute atomic E-state index is 0. The number of thiazole rings is 1. The van der Waals surface area contributed by atoms with Crippen molar-refractivity contribution in [2.75, 3.05) is 18.0 Å². The summed E-state index contributed by atoms with van der Waals surface area (Å²) in [6, 6.07) is 1.86. The maximum absolute atomic E-state index is 14.2. The number of amides is 1. The van der Waals surface area contributed by atoms with Gasteiger partial charge >= 0.3 is 25.0 Å². The van der Waals surface area contributed by atoms with Gasteiger partial charge in [0.25, 0.3) is 5.91 Å². The molecular weight excluding hydrogens is 566 g/mol. The zero-order valence-corrected chi connectivity index (χ0v) is 22.2. The molecule has 0 unspecified atom stereocenters. The number of piperidine rings is 1. The standard InChI is InChI=1S/C23H18Cl2F4N4O3S.Li/c1-8-15(24)16(25)18(30-8)20(34)32-17-11-6-33(7-12(11)17)22-31-14(19(37-22)21(35)36)5-9-4-10(23(27,28)29)2-3-13(9)26;/h2-4,11-12,17,30H,5-7H2,1H3,(H,32,34)(H,35,36);/q;+1/p-1/t11-,12+,17-;. The van der Waals surface area contributed by atoms with Crippen LogP contribution in [-0.2, 0) is 12.6 Å². The zero-order valence-electron chi connectivity index (χ0n) is 19.9. The van der Waals surface area contributed by atoms with Gasteiger partial charge < -0.3 is 25.1 Å². The molecule has 38 heavy (non-hydrogen) atoms. The van der Waals surface area contributed by atoms with Gasteiger partial charge in [-0.1, -0.05) is 34.5 Å². The second-order valence-electron chi connectivity index (χ2n) is 9.03. The molecule has 1 amide bonds. The molecule has 2 aliphatic rings. The topological polar surface area (TPSA) is 101 Å². The Morgan fingerprint density at radius 1 is 1.24 bits per heavy atom. The third-order valence-electron chi connectivity index (χ3n) is 6.65. The Balaban J connectivity index is 0.00000336. The maximum Gasteiger partial charge on any atom is 1.00 e. The number of aromatic amines is 1. The van der Waals surface area contributed by atoms with Crippen LogP contribution < -0.4 is 34.2 Å². The van der Waals surface area contributed by atoms with E-state index < -0.39 is 29.9 Å². The summed E-state index contributed by atoms with van der Waals surface area (Å²) >= 11 is 13.0. The summed E-state index contributed by atoms with van der Waals surface area (Å²) < 4.78 is 53.4. The van der Waals surface area contributed by atoms with Crippen LogP contribution in [0, 0.1) is 24.6 Å². The van der Waals surface area contributed by atoms with Crippen LogP contribution in [0.2, 0.25) is 10.0 Å². The van der Waals surface area contributed by atoms with Crippen LogP contribution in [0.3, 0.4) is 0 Å². The number of rotatable bonds is 6. The summed E-state index contributed by atoms with van der Waals surface area (Å²) in [6.07, 6.45) is -5.11. The molecule has 1 aromatic carbocycles. The van der Waals surface area contributed by atoms with Crippen molar-refractivity contribution in [2.24, 2.45) is 11.8 Å². The number of carbonyl (C=O) groups excluding carboxylic acids is 2. The second-order valence-corrected chi connectivity index (χ2v) is 10.8. The second kappa shape index (κ2) is 10.4. The number of carbonyl (C=O) groups is 2. The summed E-state index contributed by atoms with van der Waals surface area (Å²) in [5.74, 6) is -2.64. The van der Waals surface area contributed by atoms with Gasteiger partial charge in [0.2, 0.25) is 0 Å². The molecule has 15 heteroatoms. The molecule has 5 rings (SSSR count). The average molecular weight is 583 g/mol. The number of halogens is 6. The molecule has 3 atom stereocenters. The predicted molar refractivity (Wildman–Crippen MR) is 127 cm³/mol. The van der Waals surface area contributed by atoms with Crippen LogP contribution >= 0.6 is 34.5 Å². The van der Waals surface area contributed by atoms with Crippen molar-refractivity contribution in [2.45, 2.75) is 25.6 Å². The number of anilines is 1. The van der Waals surface area contributed by atoms with Gasteiger partial charge in [-0.25, -0.2) is 9.37 Å². The van der Waals surface area contributed by atoms with Crippen molar-refractivity contribution < 1.29 is 51.1 Å². The molecule has 0 spiro atoms. The molecule has 2 aromatic heterocycles. The number of H-pyrrole nitrogens is 1. The van der Waals surface area contributed by atoms with Crippen molar-refractivity contribution in [3.8, 4) is 0 Å². The Morgan fingerprint density at radius 3 is 2.45 bits per heavy atom. The fourth-order valence-corrected chi connectivity index (χ4v) is 6.02. The summed E-state index contributed by atoms with van der Waals surface area (Å²) in [5.41, 5.74) is -0.680. The van der Waals surface area contributed by atoms with Gasteiger partial charge in [-0.15, -0.1) is 0 Å². The van der Waals surface area contributed by atoms with Gasteiger partial charge in [-0.05, 0) is 30.7 Å². The number of nitrogens with one attached hydrogen (secondary N) is 2. The van der Waals surface area contributed by atoms with Crippen molar-refractivity contribution in [3.05, 3.63) is 67.1 Å². The van der Waals surface area contributed by atoms with Crippen molar-refractivity contribution >= 4 is 51.5 Å². The quantitative estimate of drug-likeness (QED) is 0.334. The number of aromatic nitrogens is 2. The average Bonchev–Trinajstić information content (AvgIpc) is 3.19. The fraction of sp³-hybridized carbons (Fsp3) is 0.348. The molecule has 0 bridgehead atoms. The van der Waals surface area contributed by atoms with E-state index in [1.807, 2.05) is 4.90 Å².